The topological polar surface area (TPSA) is 88.5 Å². The highest BCUT2D eigenvalue weighted by Gasteiger charge is 2.15. The molecule has 0 spiro atoms. The monoisotopic (exact) mass is 356 g/mol. The third-order valence-electron chi connectivity index (χ3n) is 3.85. The maximum atomic E-state index is 12.1. The van der Waals surface area contributed by atoms with Crippen molar-refractivity contribution in [1.29, 1.82) is 0 Å². The van der Waals surface area contributed by atoms with Crippen molar-refractivity contribution in [2.45, 2.75) is 32.6 Å². The fourth-order valence-corrected chi connectivity index (χ4v) is 2.28. The summed E-state index contributed by atoms with van der Waals surface area (Å²) in [6.45, 7) is 6.42. The fraction of sp³-hybridized carbons (Fsp3) is 0.350. The third kappa shape index (κ3) is 5.88. The highest BCUT2D eigenvalue weighted by molar-refractivity contribution is 5.92. The Balaban J connectivity index is 1.81. The van der Waals surface area contributed by atoms with Crippen LogP contribution < -0.4 is 10.1 Å². The second kappa shape index (κ2) is 8.47. The van der Waals surface area contributed by atoms with E-state index in [-0.39, 0.29) is 17.9 Å². The zero-order valence-corrected chi connectivity index (χ0v) is 15.3. The van der Waals surface area contributed by atoms with Crippen LogP contribution in [0.1, 0.15) is 42.4 Å². The number of nitrogens with zero attached hydrogens (tertiary/aromatic N) is 1. The molecule has 0 aliphatic rings. The number of benzene rings is 1. The number of carbonyl (C=O) groups excluding carboxylic acids is 1. The predicted octanol–water partition coefficient (Wildman–Crippen LogP) is 2.82. The van der Waals surface area contributed by atoms with Gasteiger partial charge >= 0.3 is 5.97 Å². The van der Waals surface area contributed by atoms with Crippen LogP contribution in [0.15, 0.2) is 42.6 Å². The standard InChI is InChI=1S/C20H24N2O4/c1-20(2,3)15-6-9-17(22-12-15)19(25)21-11-10-14-4-7-16(8-5-14)26-13-18(23)24/h4-9,12H,10-11,13H2,1-3H3,(H,21,25)(H,23,24). The van der Waals surface area contributed by atoms with Gasteiger partial charge in [0.1, 0.15) is 11.4 Å². The number of ether oxygens (including phenoxy) is 1. The molecule has 6 heteroatoms. The number of pyridine rings is 1. The first-order valence-corrected chi connectivity index (χ1v) is 8.44. The van der Waals surface area contributed by atoms with Crippen molar-refractivity contribution in [2.24, 2.45) is 0 Å². The Morgan fingerprint density at radius 3 is 2.35 bits per heavy atom. The van der Waals surface area contributed by atoms with Crippen LogP contribution in [0.5, 0.6) is 5.75 Å². The molecule has 0 radical (unpaired) electrons. The molecule has 0 saturated carbocycles. The second-order valence-corrected chi connectivity index (χ2v) is 7.01. The van der Waals surface area contributed by atoms with Crippen molar-refractivity contribution >= 4 is 11.9 Å². The van der Waals surface area contributed by atoms with Crippen LogP contribution in [0.25, 0.3) is 0 Å². The van der Waals surface area contributed by atoms with Gasteiger partial charge < -0.3 is 15.2 Å². The van der Waals surface area contributed by atoms with Gasteiger partial charge in [0.05, 0.1) is 0 Å². The van der Waals surface area contributed by atoms with Gasteiger partial charge in [0.2, 0.25) is 0 Å². The molecule has 26 heavy (non-hydrogen) atoms. The van der Waals surface area contributed by atoms with Crippen LogP contribution in [0.2, 0.25) is 0 Å². The minimum atomic E-state index is -1.01. The Morgan fingerprint density at radius 2 is 1.81 bits per heavy atom. The number of hydrogen-bond acceptors (Lipinski definition) is 4. The third-order valence-corrected chi connectivity index (χ3v) is 3.85. The van der Waals surface area contributed by atoms with Gasteiger partial charge in [-0.15, -0.1) is 0 Å². The highest BCUT2D eigenvalue weighted by Crippen LogP contribution is 2.20. The van der Waals surface area contributed by atoms with Gasteiger partial charge in [0, 0.05) is 12.7 Å². The molecule has 6 nitrogen and oxygen atoms in total. The summed E-state index contributed by atoms with van der Waals surface area (Å²) in [5.41, 5.74) is 2.50. The van der Waals surface area contributed by atoms with Crippen molar-refractivity contribution in [2.75, 3.05) is 13.2 Å². The number of aliphatic carboxylic acids is 1. The van der Waals surface area contributed by atoms with Gasteiger partial charge in [0.25, 0.3) is 5.91 Å². The van der Waals surface area contributed by atoms with E-state index in [1.807, 2.05) is 18.2 Å². The Morgan fingerprint density at radius 1 is 1.12 bits per heavy atom. The van der Waals surface area contributed by atoms with Gasteiger partial charge in [-0.1, -0.05) is 39.0 Å². The minimum absolute atomic E-state index is 0.00233. The van der Waals surface area contributed by atoms with Gasteiger partial charge in [-0.2, -0.15) is 0 Å². The van der Waals surface area contributed by atoms with E-state index in [4.69, 9.17) is 9.84 Å². The van der Waals surface area contributed by atoms with E-state index >= 15 is 0 Å². The lowest BCUT2D eigenvalue weighted by molar-refractivity contribution is -0.139. The van der Waals surface area contributed by atoms with Crippen LogP contribution in [-0.2, 0) is 16.6 Å². The van der Waals surface area contributed by atoms with E-state index < -0.39 is 5.97 Å². The molecule has 0 atom stereocenters. The summed E-state index contributed by atoms with van der Waals surface area (Å²) >= 11 is 0. The summed E-state index contributed by atoms with van der Waals surface area (Å²) in [5.74, 6) is -0.712. The molecule has 1 aromatic heterocycles. The SMILES string of the molecule is CC(C)(C)c1ccc(C(=O)NCCc2ccc(OCC(=O)O)cc2)nc1. The van der Waals surface area contributed by atoms with Crippen molar-refractivity contribution in [3.8, 4) is 5.75 Å². The summed E-state index contributed by atoms with van der Waals surface area (Å²) < 4.78 is 5.08. The van der Waals surface area contributed by atoms with Crippen molar-refractivity contribution in [1.82, 2.24) is 10.3 Å². The summed E-state index contributed by atoms with van der Waals surface area (Å²) in [4.78, 5) is 26.8. The number of carboxylic acid groups (broad SMARTS) is 1. The summed E-state index contributed by atoms with van der Waals surface area (Å²) in [7, 11) is 0. The Bertz CT molecular complexity index is 747. The first kappa shape index (κ1) is 19.4. The Labute approximate surface area is 153 Å². The molecule has 2 rings (SSSR count). The first-order valence-electron chi connectivity index (χ1n) is 8.44. The molecule has 0 bridgehead atoms. The van der Waals surface area contributed by atoms with E-state index in [1.54, 1.807) is 24.4 Å². The lowest BCUT2D eigenvalue weighted by Crippen LogP contribution is -2.26. The van der Waals surface area contributed by atoms with Gasteiger partial charge in [-0.3, -0.25) is 9.78 Å². The molecule has 0 unspecified atom stereocenters. The zero-order chi connectivity index (χ0) is 19.2. The molecule has 1 aromatic carbocycles. The quantitative estimate of drug-likeness (QED) is 0.796. The highest BCUT2D eigenvalue weighted by atomic mass is 16.5. The molecule has 0 aliphatic carbocycles. The van der Waals surface area contributed by atoms with Crippen LogP contribution in [0.3, 0.4) is 0 Å². The van der Waals surface area contributed by atoms with Gasteiger partial charge in [-0.05, 0) is 41.2 Å². The normalized spacial score (nSPS) is 11.0. The lowest BCUT2D eigenvalue weighted by Gasteiger charge is -2.18. The van der Waals surface area contributed by atoms with Crippen LogP contribution in [0.4, 0.5) is 0 Å². The van der Waals surface area contributed by atoms with E-state index in [1.165, 1.54) is 0 Å². The molecule has 0 saturated heterocycles. The number of hydrogen-bond donors (Lipinski definition) is 2. The van der Waals surface area contributed by atoms with Crippen LogP contribution in [-0.4, -0.2) is 35.1 Å². The van der Waals surface area contributed by atoms with Crippen LogP contribution >= 0.6 is 0 Å². The van der Waals surface area contributed by atoms with Crippen molar-refractivity contribution in [3.05, 3.63) is 59.4 Å². The van der Waals surface area contributed by atoms with E-state index in [2.05, 4.69) is 31.1 Å². The number of carboxylic acids is 1. The lowest BCUT2D eigenvalue weighted by atomic mass is 9.88. The van der Waals surface area contributed by atoms with Crippen LogP contribution in [0, 0.1) is 0 Å². The summed E-state index contributed by atoms with van der Waals surface area (Å²) in [6, 6.07) is 10.8. The largest absolute Gasteiger partial charge is 0.482 e. The number of aromatic nitrogens is 1. The molecule has 0 fully saturated rings. The summed E-state index contributed by atoms with van der Waals surface area (Å²) in [6.07, 6.45) is 2.40. The summed E-state index contributed by atoms with van der Waals surface area (Å²) in [5, 5.41) is 11.4. The maximum Gasteiger partial charge on any atom is 0.341 e. The number of nitrogens with one attached hydrogen (secondary N) is 1. The fourth-order valence-electron chi connectivity index (χ4n) is 2.28. The van der Waals surface area contributed by atoms with Gasteiger partial charge in [0.15, 0.2) is 6.61 Å². The molecule has 2 aromatic rings. The zero-order valence-electron chi connectivity index (χ0n) is 15.3. The number of amides is 1. The number of rotatable bonds is 7. The Hall–Kier alpha value is -2.89. The minimum Gasteiger partial charge on any atom is -0.482 e. The molecule has 2 N–H and O–H groups in total. The molecule has 1 heterocycles. The average molecular weight is 356 g/mol. The predicted molar refractivity (Wildman–Crippen MR) is 98.5 cm³/mol. The molecule has 138 valence electrons. The van der Waals surface area contributed by atoms with Crippen molar-refractivity contribution in [3.63, 3.8) is 0 Å². The van der Waals surface area contributed by atoms with Gasteiger partial charge in [-0.25, -0.2) is 4.79 Å². The smallest absolute Gasteiger partial charge is 0.341 e. The molecule has 1 amide bonds. The molecular weight excluding hydrogens is 332 g/mol. The van der Waals surface area contributed by atoms with E-state index in [0.717, 1.165) is 11.1 Å². The first-order chi connectivity index (χ1) is 12.3. The van der Waals surface area contributed by atoms with Crippen molar-refractivity contribution < 1.29 is 19.4 Å². The van der Waals surface area contributed by atoms with E-state index in [0.29, 0.717) is 24.4 Å². The molecule has 0 aliphatic heterocycles. The van der Waals surface area contributed by atoms with E-state index in [9.17, 15) is 9.59 Å². The average Bonchev–Trinajstić information content (AvgIpc) is 2.60. The maximum absolute atomic E-state index is 12.1. The Kier molecular flexibility index (Phi) is 6.33. The second-order valence-electron chi connectivity index (χ2n) is 7.01. The number of carbonyl (C=O) groups is 2. The molecular formula is C20H24N2O4.